The Labute approximate surface area is 240 Å². The Balaban J connectivity index is 0.000000367. The lowest BCUT2D eigenvalue weighted by molar-refractivity contribution is -0.152. The standard InChI is InChI=1S/C25H33F3N2O2.C7H8O2/c1-17-24(32)12-10-22(15-20(24)11-13-30(17)16-19-6-7-19)29(2)23(31)9-8-18-4-3-5-21(14-18)25(26,27)28;1-5-2-3-6(8)7(9)4-5/h3-5,8-9,14,17,19-20,22,32H,6-7,10-13,15-16H2,1-2H3;2-4,8-9H,1H3/b9-8+;/t17-,20?,22?,24?;/m1./s1. The smallest absolute Gasteiger partial charge is 0.416 e. The molecule has 0 bridgehead atoms. The number of aromatic hydroxyl groups is 2. The summed E-state index contributed by atoms with van der Waals surface area (Å²) >= 11 is 0. The van der Waals surface area contributed by atoms with Crippen molar-refractivity contribution < 1.29 is 33.3 Å². The molecule has 1 heterocycles. The zero-order valence-electron chi connectivity index (χ0n) is 23.9. The number of halogens is 3. The Morgan fingerprint density at radius 1 is 1.10 bits per heavy atom. The second-order valence-electron chi connectivity index (χ2n) is 11.9. The molecule has 2 aromatic carbocycles. The third kappa shape index (κ3) is 7.63. The van der Waals surface area contributed by atoms with Crippen LogP contribution in [0, 0.1) is 18.8 Å². The van der Waals surface area contributed by atoms with Gasteiger partial charge in [0, 0.05) is 31.8 Å². The number of rotatable bonds is 5. The van der Waals surface area contributed by atoms with Crippen LogP contribution in [0.2, 0.25) is 0 Å². The second kappa shape index (κ2) is 12.4. The van der Waals surface area contributed by atoms with E-state index < -0.39 is 17.3 Å². The third-order valence-corrected chi connectivity index (χ3v) is 9.03. The van der Waals surface area contributed by atoms with E-state index in [1.807, 2.05) is 6.92 Å². The van der Waals surface area contributed by atoms with Gasteiger partial charge in [-0.3, -0.25) is 9.69 Å². The van der Waals surface area contributed by atoms with Crippen molar-refractivity contribution in [3.8, 4) is 11.5 Å². The molecule has 2 aliphatic carbocycles. The first kappa shape index (κ1) is 30.9. The van der Waals surface area contributed by atoms with E-state index in [1.165, 1.54) is 43.2 Å². The molecule has 3 aliphatic rings. The normalized spacial score (nSPS) is 26.7. The fourth-order valence-corrected chi connectivity index (χ4v) is 6.15. The lowest BCUT2D eigenvalue weighted by Gasteiger charge is -2.54. The van der Waals surface area contributed by atoms with Gasteiger partial charge in [0.25, 0.3) is 0 Å². The zero-order valence-corrected chi connectivity index (χ0v) is 23.9. The van der Waals surface area contributed by atoms with Gasteiger partial charge in [0.15, 0.2) is 11.5 Å². The van der Waals surface area contributed by atoms with Crippen molar-refractivity contribution in [2.75, 3.05) is 20.1 Å². The van der Waals surface area contributed by atoms with E-state index in [4.69, 9.17) is 10.2 Å². The average molecular weight is 575 g/mol. The minimum Gasteiger partial charge on any atom is -0.504 e. The van der Waals surface area contributed by atoms with Crippen LogP contribution in [0.5, 0.6) is 11.5 Å². The molecule has 1 saturated heterocycles. The maximum absolute atomic E-state index is 12.9. The predicted molar refractivity (Wildman–Crippen MR) is 152 cm³/mol. The van der Waals surface area contributed by atoms with Crippen molar-refractivity contribution >= 4 is 12.0 Å². The molecule has 9 heteroatoms. The van der Waals surface area contributed by atoms with Crippen LogP contribution in [0.15, 0.2) is 48.5 Å². The van der Waals surface area contributed by atoms with E-state index in [0.717, 1.165) is 56.0 Å². The molecule has 224 valence electrons. The lowest BCUT2D eigenvalue weighted by atomic mass is 9.66. The monoisotopic (exact) mass is 574 g/mol. The Kier molecular flexibility index (Phi) is 9.39. The maximum Gasteiger partial charge on any atom is 0.416 e. The van der Waals surface area contributed by atoms with Crippen molar-refractivity contribution in [1.82, 2.24) is 9.80 Å². The van der Waals surface area contributed by atoms with Crippen LogP contribution in [0.25, 0.3) is 6.08 Å². The number of hydrogen-bond donors (Lipinski definition) is 3. The fraction of sp³-hybridized carbons (Fsp3) is 0.531. The van der Waals surface area contributed by atoms with Gasteiger partial charge in [-0.25, -0.2) is 0 Å². The average Bonchev–Trinajstić information content (AvgIpc) is 3.75. The van der Waals surface area contributed by atoms with E-state index in [1.54, 1.807) is 24.1 Å². The second-order valence-corrected chi connectivity index (χ2v) is 11.9. The highest BCUT2D eigenvalue weighted by molar-refractivity contribution is 5.91. The van der Waals surface area contributed by atoms with Crippen molar-refractivity contribution in [2.24, 2.45) is 11.8 Å². The summed E-state index contributed by atoms with van der Waals surface area (Å²) in [4.78, 5) is 16.9. The molecule has 3 N–H and O–H groups in total. The van der Waals surface area contributed by atoms with Crippen LogP contribution in [0.3, 0.4) is 0 Å². The van der Waals surface area contributed by atoms with Gasteiger partial charge < -0.3 is 20.2 Å². The minimum absolute atomic E-state index is 0.0288. The number of aryl methyl sites for hydroxylation is 1. The molecule has 5 rings (SSSR count). The molecule has 0 spiro atoms. The van der Waals surface area contributed by atoms with E-state index in [0.29, 0.717) is 12.0 Å². The van der Waals surface area contributed by atoms with E-state index in [-0.39, 0.29) is 35.4 Å². The van der Waals surface area contributed by atoms with Gasteiger partial charge in [0.1, 0.15) is 0 Å². The number of nitrogens with zero attached hydrogens (tertiary/aromatic N) is 2. The number of hydrogen-bond acceptors (Lipinski definition) is 5. The summed E-state index contributed by atoms with van der Waals surface area (Å²) in [7, 11) is 1.75. The predicted octanol–water partition coefficient (Wildman–Crippen LogP) is 5.99. The lowest BCUT2D eigenvalue weighted by Crippen LogP contribution is -2.63. The number of carbonyl (C=O) groups excluding carboxylic acids is 1. The summed E-state index contributed by atoms with van der Waals surface area (Å²) in [5, 5.41) is 29.1. The van der Waals surface area contributed by atoms with Crippen LogP contribution < -0.4 is 0 Å². The summed E-state index contributed by atoms with van der Waals surface area (Å²) in [6.45, 7) is 6.06. The van der Waals surface area contributed by atoms with E-state index in [2.05, 4.69) is 11.8 Å². The van der Waals surface area contributed by atoms with Crippen molar-refractivity contribution in [3.05, 3.63) is 65.2 Å². The van der Waals surface area contributed by atoms with Crippen LogP contribution in [-0.2, 0) is 11.0 Å². The summed E-state index contributed by atoms with van der Waals surface area (Å²) < 4.78 is 38.7. The number of benzene rings is 2. The fourth-order valence-electron chi connectivity index (χ4n) is 6.15. The number of likely N-dealkylation sites (tertiary alicyclic amines) is 1. The molecule has 2 saturated carbocycles. The number of piperidine rings is 1. The number of carbonyl (C=O) groups is 1. The molecule has 4 atom stereocenters. The van der Waals surface area contributed by atoms with Crippen LogP contribution in [0.4, 0.5) is 13.2 Å². The Morgan fingerprint density at radius 2 is 1.83 bits per heavy atom. The van der Waals surface area contributed by atoms with E-state index >= 15 is 0 Å². The first-order valence-corrected chi connectivity index (χ1v) is 14.3. The Hall–Kier alpha value is -3.04. The molecule has 1 aliphatic heterocycles. The van der Waals surface area contributed by atoms with Gasteiger partial charge in [-0.15, -0.1) is 0 Å². The number of aliphatic hydroxyl groups is 1. The van der Waals surface area contributed by atoms with E-state index in [9.17, 15) is 23.1 Å². The molecule has 3 fully saturated rings. The van der Waals surface area contributed by atoms with Gasteiger partial charge in [-0.05, 0) is 112 Å². The molecule has 6 nitrogen and oxygen atoms in total. The molecular weight excluding hydrogens is 533 g/mol. The topological polar surface area (TPSA) is 84.2 Å². The molecule has 0 aromatic heterocycles. The molecular formula is C32H41F3N2O4. The van der Waals surface area contributed by atoms with Crippen molar-refractivity contribution in [1.29, 1.82) is 0 Å². The number of fused-ring (bicyclic) bond motifs is 1. The number of phenols is 2. The molecule has 3 unspecified atom stereocenters. The van der Waals surface area contributed by atoms with Gasteiger partial charge in [0.2, 0.25) is 5.91 Å². The molecule has 41 heavy (non-hydrogen) atoms. The van der Waals surface area contributed by atoms with Gasteiger partial charge in [-0.2, -0.15) is 13.2 Å². The minimum atomic E-state index is -4.41. The summed E-state index contributed by atoms with van der Waals surface area (Å²) in [5.41, 5.74) is -0.155. The van der Waals surface area contributed by atoms with Crippen molar-refractivity contribution in [3.63, 3.8) is 0 Å². The largest absolute Gasteiger partial charge is 0.504 e. The summed E-state index contributed by atoms with van der Waals surface area (Å²) in [6, 6.07) is 9.82. The van der Waals surface area contributed by atoms with Gasteiger partial charge in [-0.1, -0.05) is 18.2 Å². The highest BCUT2D eigenvalue weighted by Gasteiger charge is 2.51. The molecule has 1 amide bonds. The number of phenolic OH excluding ortho intramolecular Hbond substituents is 2. The first-order chi connectivity index (χ1) is 19.3. The number of amides is 1. The first-order valence-electron chi connectivity index (χ1n) is 14.3. The Morgan fingerprint density at radius 3 is 2.46 bits per heavy atom. The Bertz CT molecular complexity index is 1250. The highest BCUT2D eigenvalue weighted by atomic mass is 19.4. The van der Waals surface area contributed by atoms with Gasteiger partial charge in [0.05, 0.1) is 11.2 Å². The quantitative estimate of drug-likeness (QED) is 0.302. The number of likely N-dealkylation sites (N-methyl/N-ethyl adjacent to an activating group) is 1. The van der Waals surface area contributed by atoms with Gasteiger partial charge >= 0.3 is 6.18 Å². The summed E-state index contributed by atoms with van der Waals surface area (Å²) in [5.74, 6) is 0.600. The summed E-state index contributed by atoms with van der Waals surface area (Å²) in [6.07, 6.45) is 4.07. The van der Waals surface area contributed by atoms with Crippen LogP contribution in [-0.4, -0.2) is 68.8 Å². The molecule has 0 radical (unpaired) electrons. The number of alkyl halides is 3. The van der Waals surface area contributed by atoms with Crippen LogP contribution >= 0.6 is 0 Å². The highest BCUT2D eigenvalue weighted by Crippen LogP contribution is 2.45. The third-order valence-electron chi connectivity index (χ3n) is 9.03. The van der Waals surface area contributed by atoms with Crippen molar-refractivity contribution in [2.45, 2.75) is 76.2 Å². The zero-order chi connectivity index (χ0) is 29.9. The van der Waals surface area contributed by atoms with Crippen LogP contribution in [0.1, 0.15) is 62.1 Å². The maximum atomic E-state index is 12.9. The molecule has 2 aromatic rings. The SMILES string of the molecule is C[C@H]1N(CC2CC2)CCC2CC(N(C)C(=O)/C=C/c3cccc(C(F)(F)F)c3)CCC21O.Cc1ccc(O)c(O)c1.